The summed E-state index contributed by atoms with van der Waals surface area (Å²) >= 11 is 5.98. The van der Waals surface area contributed by atoms with Crippen molar-refractivity contribution >= 4 is 27.1 Å². The minimum atomic E-state index is -3.54. The van der Waals surface area contributed by atoms with Crippen LogP contribution in [-0.2, 0) is 15.6 Å². The van der Waals surface area contributed by atoms with Gasteiger partial charge < -0.3 is 0 Å². The number of nitro benzene ring substituents is 1. The van der Waals surface area contributed by atoms with Gasteiger partial charge in [0.2, 0.25) is 0 Å². The SMILES string of the molecule is Cc1cc(S(=O)(=O)Cc2ccc([N+](=O)[O-])cc2)c(C)cc1Cl. The van der Waals surface area contributed by atoms with E-state index >= 15 is 0 Å². The maximum absolute atomic E-state index is 12.5. The summed E-state index contributed by atoms with van der Waals surface area (Å²) in [6.07, 6.45) is 0. The van der Waals surface area contributed by atoms with E-state index in [0.29, 0.717) is 21.7 Å². The van der Waals surface area contributed by atoms with Crippen LogP contribution in [-0.4, -0.2) is 13.3 Å². The van der Waals surface area contributed by atoms with Gasteiger partial charge in [0.15, 0.2) is 9.84 Å². The Balaban J connectivity index is 2.35. The third-order valence-electron chi connectivity index (χ3n) is 3.30. The lowest BCUT2D eigenvalue weighted by molar-refractivity contribution is -0.384. The van der Waals surface area contributed by atoms with Crippen molar-refractivity contribution in [1.29, 1.82) is 0 Å². The van der Waals surface area contributed by atoms with Crippen molar-refractivity contribution in [3.05, 3.63) is 68.2 Å². The molecular weight excluding hydrogens is 326 g/mol. The van der Waals surface area contributed by atoms with Crippen molar-refractivity contribution in [1.82, 2.24) is 0 Å². The van der Waals surface area contributed by atoms with Crippen LogP contribution in [0.1, 0.15) is 16.7 Å². The molecule has 0 N–H and O–H groups in total. The molecule has 7 heteroatoms. The fraction of sp³-hybridized carbons (Fsp3) is 0.200. The van der Waals surface area contributed by atoms with Crippen molar-refractivity contribution in [2.45, 2.75) is 24.5 Å². The summed E-state index contributed by atoms with van der Waals surface area (Å²) in [5.74, 6) is -0.215. The van der Waals surface area contributed by atoms with Crippen LogP contribution < -0.4 is 0 Å². The molecule has 0 aliphatic carbocycles. The monoisotopic (exact) mass is 339 g/mol. The fourth-order valence-corrected chi connectivity index (χ4v) is 4.01. The largest absolute Gasteiger partial charge is 0.269 e. The minimum absolute atomic E-state index is 0.0698. The van der Waals surface area contributed by atoms with Crippen LogP contribution in [0.4, 0.5) is 5.69 Å². The van der Waals surface area contributed by atoms with E-state index in [2.05, 4.69) is 0 Å². The first kappa shape index (κ1) is 16.5. The third-order valence-corrected chi connectivity index (χ3v) is 5.53. The highest BCUT2D eigenvalue weighted by Gasteiger charge is 2.19. The van der Waals surface area contributed by atoms with Crippen LogP contribution in [0.3, 0.4) is 0 Å². The van der Waals surface area contributed by atoms with Gasteiger partial charge in [0, 0.05) is 17.2 Å². The van der Waals surface area contributed by atoms with Crippen molar-refractivity contribution in [2.24, 2.45) is 0 Å². The van der Waals surface area contributed by atoms with Gasteiger partial charge in [-0.3, -0.25) is 10.1 Å². The number of rotatable bonds is 4. The standard InChI is InChI=1S/C15H14ClNO4S/c1-10-8-15(11(2)7-14(10)16)22(20,21)9-12-3-5-13(6-4-12)17(18)19/h3-8H,9H2,1-2H3. The van der Waals surface area contributed by atoms with Crippen LogP contribution >= 0.6 is 11.6 Å². The highest BCUT2D eigenvalue weighted by molar-refractivity contribution is 7.90. The normalized spacial score (nSPS) is 11.4. The Labute approximate surface area is 133 Å². The molecule has 0 radical (unpaired) electrons. The molecule has 0 atom stereocenters. The molecule has 0 amide bonds. The fourth-order valence-electron chi connectivity index (χ4n) is 2.10. The lowest BCUT2D eigenvalue weighted by Crippen LogP contribution is -2.07. The van der Waals surface area contributed by atoms with E-state index in [4.69, 9.17) is 11.6 Å². The zero-order valence-corrected chi connectivity index (χ0v) is 13.6. The van der Waals surface area contributed by atoms with Gasteiger partial charge in [-0.15, -0.1) is 0 Å². The number of hydrogen-bond donors (Lipinski definition) is 0. The first-order valence-corrected chi connectivity index (χ1v) is 8.46. The maximum atomic E-state index is 12.5. The predicted molar refractivity (Wildman–Crippen MR) is 84.9 cm³/mol. The van der Waals surface area contributed by atoms with E-state index in [-0.39, 0.29) is 16.3 Å². The molecule has 0 fully saturated rings. The van der Waals surface area contributed by atoms with E-state index in [1.54, 1.807) is 26.0 Å². The summed E-state index contributed by atoms with van der Waals surface area (Å²) in [6, 6.07) is 8.68. The van der Waals surface area contributed by atoms with Crippen LogP contribution in [0.2, 0.25) is 5.02 Å². The van der Waals surface area contributed by atoms with Gasteiger partial charge in [0.05, 0.1) is 15.6 Å². The molecule has 0 saturated heterocycles. The minimum Gasteiger partial charge on any atom is -0.258 e. The van der Waals surface area contributed by atoms with Crippen LogP contribution in [0, 0.1) is 24.0 Å². The van der Waals surface area contributed by atoms with E-state index in [1.807, 2.05) is 0 Å². The van der Waals surface area contributed by atoms with Gasteiger partial charge in [0.25, 0.3) is 5.69 Å². The van der Waals surface area contributed by atoms with Gasteiger partial charge in [-0.25, -0.2) is 8.42 Å². The summed E-state index contributed by atoms with van der Waals surface area (Å²) in [6.45, 7) is 3.43. The number of halogens is 1. The highest BCUT2D eigenvalue weighted by atomic mass is 35.5. The number of nitro groups is 1. The molecule has 2 aromatic rings. The second-order valence-electron chi connectivity index (χ2n) is 5.05. The lowest BCUT2D eigenvalue weighted by Gasteiger charge is -2.10. The zero-order valence-electron chi connectivity index (χ0n) is 12.0. The number of non-ortho nitro benzene ring substituents is 1. The van der Waals surface area contributed by atoms with Gasteiger partial charge in [0.1, 0.15) is 0 Å². The lowest BCUT2D eigenvalue weighted by atomic mass is 10.2. The molecule has 116 valence electrons. The van der Waals surface area contributed by atoms with Crippen LogP contribution in [0.5, 0.6) is 0 Å². The van der Waals surface area contributed by atoms with Gasteiger partial charge in [-0.2, -0.15) is 0 Å². The highest BCUT2D eigenvalue weighted by Crippen LogP contribution is 2.26. The smallest absolute Gasteiger partial charge is 0.258 e. The Morgan fingerprint density at radius 1 is 1.09 bits per heavy atom. The summed E-state index contributed by atoms with van der Waals surface area (Å²) in [7, 11) is -3.54. The average Bonchev–Trinajstić information content (AvgIpc) is 2.42. The van der Waals surface area contributed by atoms with Crippen LogP contribution in [0.15, 0.2) is 41.3 Å². The zero-order chi connectivity index (χ0) is 16.5. The Hall–Kier alpha value is -1.92. The molecular formula is C15H14ClNO4S. The van der Waals surface area contributed by atoms with Gasteiger partial charge in [-0.05, 0) is 42.7 Å². The Morgan fingerprint density at radius 2 is 1.68 bits per heavy atom. The number of nitrogens with zero attached hydrogens (tertiary/aromatic N) is 1. The first-order chi connectivity index (χ1) is 10.2. The molecule has 22 heavy (non-hydrogen) atoms. The van der Waals surface area contributed by atoms with Crippen molar-refractivity contribution in [3.63, 3.8) is 0 Å². The summed E-state index contributed by atoms with van der Waals surface area (Å²) < 4.78 is 25.1. The van der Waals surface area contributed by atoms with Crippen molar-refractivity contribution in [3.8, 4) is 0 Å². The average molecular weight is 340 g/mol. The molecule has 0 spiro atoms. The molecule has 2 rings (SSSR count). The molecule has 0 heterocycles. The quantitative estimate of drug-likeness (QED) is 0.626. The van der Waals surface area contributed by atoms with Crippen LogP contribution in [0.25, 0.3) is 0 Å². The van der Waals surface area contributed by atoms with E-state index in [1.165, 1.54) is 24.3 Å². The molecule has 0 bridgehead atoms. The summed E-state index contributed by atoms with van der Waals surface area (Å²) in [4.78, 5) is 10.3. The molecule has 0 saturated carbocycles. The number of aryl methyl sites for hydroxylation is 2. The second-order valence-corrected chi connectivity index (χ2v) is 7.41. The molecule has 0 unspecified atom stereocenters. The molecule has 0 aromatic heterocycles. The van der Waals surface area contributed by atoms with Gasteiger partial charge >= 0.3 is 0 Å². The summed E-state index contributed by atoms with van der Waals surface area (Å²) in [5, 5.41) is 11.1. The van der Waals surface area contributed by atoms with Gasteiger partial charge in [-0.1, -0.05) is 23.7 Å². The molecule has 0 aliphatic heterocycles. The Bertz CT molecular complexity index is 829. The molecule has 5 nitrogen and oxygen atoms in total. The number of hydrogen-bond acceptors (Lipinski definition) is 4. The topological polar surface area (TPSA) is 77.3 Å². The van der Waals surface area contributed by atoms with Crippen molar-refractivity contribution < 1.29 is 13.3 Å². The van der Waals surface area contributed by atoms with Crippen molar-refractivity contribution in [2.75, 3.05) is 0 Å². The molecule has 2 aromatic carbocycles. The number of sulfone groups is 1. The first-order valence-electron chi connectivity index (χ1n) is 6.43. The maximum Gasteiger partial charge on any atom is 0.269 e. The number of benzene rings is 2. The Morgan fingerprint density at radius 3 is 2.23 bits per heavy atom. The summed E-state index contributed by atoms with van der Waals surface area (Å²) in [5.41, 5.74) is 1.70. The third kappa shape index (κ3) is 3.45. The second kappa shape index (κ2) is 6.06. The predicted octanol–water partition coefficient (Wildman–Crippen LogP) is 3.84. The van der Waals surface area contributed by atoms with E-state index < -0.39 is 14.8 Å². The van der Waals surface area contributed by atoms with E-state index in [9.17, 15) is 18.5 Å². The Kier molecular flexibility index (Phi) is 4.53. The van der Waals surface area contributed by atoms with E-state index in [0.717, 1.165) is 0 Å². The molecule has 0 aliphatic rings.